The summed E-state index contributed by atoms with van der Waals surface area (Å²) in [6.45, 7) is 2.25. The Morgan fingerprint density at radius 3 is 2.44 bits per heavy atom. The molecule has 4 nitrogen and oxygen atoms in total. The Morgan fingerprint density at radius 1 is 1.07 bits per heavy atom. The van der Waals surface area contributed by atoms with Gasteiger partial charge in [0.2, 0.25) is 5.91 Å². The number of hydrogen-bond donors (Lipinski definition) is 0. The lowest BCUT2D eigenvalue weighted by atomic mass is 10.1. The molecule has 0 N–H and O–H groups in total. The van der Waals surface area contributed by atoms with Gasteiger partial charge in [-0.1, -0.05) is 40.2 Å². The van der Waals surface area contributed by atoms with Gasteiger partial charge >= 0.3 is 0 Å². The summed E-state index contributed by atoms with van der Waals surface area (Å²) in [7, 11) is 1.81. The van der Waals surface area contributed by atoms with Gasteiger partial charge in [-0.2, -0.15) is 0 Å². The molecule has 27 heavy (non-hydrogen) atoms. The van der Waals surface area contributed by atoms with E-state index in [2.05, 4.69) is 15.9 Å². The Morgan fingerprint density at radius 2 is 1.74 bits per heavy atom. The second-order valence-electron chi connectivity index (χ2n) is 6.66. The molecular weight excluding hydrogens is 424 g/mol. The lowest BCUT2D eigenvalue weighted by molar-refractivity contribution is -0.127. The second-order valence-corrected chi connectivity index (χ2v) is 8.59. The standard InChI is InChI=1S/C21H23BrN2O2S/c1-23(14-16-8-10-17(22)11-9-16)21(26)18-6-2-3-7-19(18)27-15-20(25)24-12-4-5-13-24/h2-3,6-11H,4-5,12-15H2,1H3. The van der Waals surface area contributed by atoms with Gasteiger partial charge in [-0.15, -0.1) is 11.8 Å². The highest BCUT2D eigenvalue weighted by molar-refractivity contribution is 9.10. The molecule has 2 amide bonds. The van der Waals surface area contributed by atoms with Crippen LogP contribution in [-0.4, -0.2) is 47.5 Å². The normalized spacial score (nSPS) is 13.6. The molecular formula is C21H23BrN2O2S. The molecule has 1 aliphatic heterocycles. The van der Waals surface area contributed by atoms with Crippen LogP contribution in [0.3, 0.4) is 0 Å². The van der Waals surface area contributed by atoms with Crippen LogP contribution in [0.1, 0.15) is 28.8 Å². The van der Waals surface area contributed by atoms with Gasteiger partial charge in [0.25, 0.3) is 5.91 Å². The average Bonchev–Trinajstić information content (AvgIpc) is 3.22. The van der Waals surface area contributed by atoms with E-state index in [1.165, 1.54) is 11.8 Å². The van der Waals surface area contributed by atoms with Crippen LogP contribution in [0.2, 0.25) is 0 Å². The van der Waals surface area contributed by atoms with Crippen LogP contribution in [-0.2, 0) is 11.3 Å². The Balaban J connectivity index is 1.65. The van der Waals surface area contributed by atoms with Crippen LogP contribution in [0.25, 0.3) is 0 Å². The monoisotopic (exact) mass is 446 g/mol. The first-order chi connectivity index (χ1) is 13.0. The molecule has 2 aromatic carbocycles. The first-order valence-corrected chi connectivity index (χ1v) is 10.8. The van der Waals surface area contributed by atoms with Gasteiger partial charge in [0.15, 0.2) is 0 Å². The van der Waals surface area contributed by atoms with Gasteiger partial charge in [-0.05, 0) is 42.7 Å². The number of thioether (sulfide) groups is 1. The Kier molecular flexibility index (Phi) is 6.96. The number of amides is 2. The predicted molar refractivity (Wildman–Crippen MR) is 113 cm³/mol. The Labute approximate surface area is 173 Å². The van der Waals surface area contributed by atoms with Crippen molar-refractivity contribution < 1.29 is 9.59 Å². The summed E-state index contributed by atoms with van der Waals surface area (Å²) < 4.78 is 1.02. The third-order valence-corrected chi connectivity index (χ3v) is 6.19. The van der Waals surface area contributed by atoms with Gasteiger partial charge in [-0.3, -0.25) is 9.59 Å². The molecule has 1 heterocycles. The number of benzene rings is 2. The molecule has 1 aliphatic rings. The number of carbonyl (C=O) groups is 2. The minimum absolute atomic E-state index is 0.0327. The number of likely N-dealkylation sites (tertiary alicyclic amines) is 1. The van der Waals surface area contributed by atoms with E-state index in [0.717, 1.165) is 40.9 Å². The van der Waals surface area contributed by atoms with E-state index in [-0.39, 0.29) is 11.8 Å². The molecule has 142 valence electrons. The van der Waals surface area contributed by atoms with Crippen LogP contribution in [0, 0.1) is 0 Å². The minimum Gasteiger partial charge on any atom is -0.342 e. The minimum atomic E-state index is -0.0327. The van der Waals surface area contributed by atoms with Crippen molar-refractivity contribution in [3.05, 3.63) is 64.1 Å². The van der Waals surface area contributed by atoms with E-state index in [1.54, 1.807) is 11.9 Å². The largest absolute Gasteiger partial charge is 0.342 e. The molecule has 0 aliphatic carbocycles. The molecule has 1 fully saturated rings. The molecule has 0 bridgehead atoms. The number of rotatable bonds is 6. The fraction of sp³-hybridized carbons (Fsp3) is 0.333. The van der Waals surface area contributed by atoms with Crippen molar-refractivity contribution in [1.29, 1.82) is 0 Å². The summed E-state index contributed by atoms with van der Waals surface area (Å²) in [5.74, 6) is 0.499. The topological polar surface area (TPSA) is 40.6 Å². The zero-order valence-corrected chi connectivity index (χ0v) is 17.8. The van der Waals surface area contributed by atoms with Gasteiger partial charge in [-0.25, -0.2) is 0 Å². The van der Waals surface area contributed by atoms with Crippen molar-refractivity contribution in [2.75, 3.05) is 25.9 Å². The molecule has 0 atom stereocenters. The Bertz CT molecular complexity index is 804. The third kappa shape index (κ3) is 5.36. The van der Waals surface area contributed by atoms with Gasteiger partial charge < -0.3 is 9.80 Å². The molecule has 0 saturated carbocycles. The maximum atomic E-state index is 12.9. The summed E-state index contributed by atoms with van der Waals surface area (Å²) in [6, 6.07) is 15.5. The van der Waals surface area contributed by atoms with Gasteiger partial charge in [0.05, 0.1) is 11.3 Å². The fourth-order valence-electron chi connectivity index (χ4n) is 3.11. The van der Waals surface area contributed by atoms with Gasteiger partial charge in [0.1, 0.15) is 0 Å². The highest BCUT2D eigenvalue weighted by atomic mass is 79.9. The number of hydrogen-bond acceptors (Lipinski definition) is 3. The molecule has 0 unspecified atom stereocenters. The van der Waals surface area contributed by atoms with Crippen molar-refractivity contribution in [2.45, 2.75) is 24.3 Å². The summed E-state index contributed by atoms with van der Waals surface area (Å²) in [5.41, 5.74) is 1.72. The van der Waals surface area contributed by atoms with Crippen molar-refractivity contribution >= 4 is 39.5 Å². The molecule has 0 radical (unpaired) electrons. The quantitative estimate of drug-likeness (QED) is 0.615. The Hall–Kier alpha value is -1.79. The van der Waals surface area contributed by atoms with Crippen molar-refractivity contribution in [2.24, 2.45) is 0 Å². The highest BCUT2D eigenvalue weighted by Crippen LogP contribution is 2.25. The smallest absolute Gasteiger partial charge is 0.255 e. The second kappa shape index (κ2) is 9.42. The molecule has 2 aromatic rings. The lowest BCUT2D eigenvalue weighted by Crippen LogP contribution is -2.29. The van der Waals surface area contributed by atoms with E-state index in [0.29, 0.717) is 17.9 Å². The molecule has 1 saturated heterocycles. The van der Waals surface area contributed by atoms with Crippen molar-refractivity contribution in [3.63, 3.8) is 0 Å². The van der Waals surface area contributed by atoms with E-state index >= 15 is 0 Å². The maximum Gasteiger partial charge on any atom is 0.255 e. The zero-order valence-electron chi connectivity index (χ0n) is 15.4. The van der Waals surface area contributed by atoms with E-state index in [4.69, 9.17) is 0 Å². The lowest BCUT2D eigenvalue weighted by Gasteiger charge is -2.20. The predicted octanol–water partition coefficient (Wildman–Crippen LogP) is 4.44. The molecule has 0 spiro atoms. The van der Waals surface area contributed by atoms with E-state index in [1.807, 2.05) is 53.4 Å². The first kappa shape index (κ1) is 20.0. The SMILES string of the molecule is CN(Cc1ccc(Br)cc1)C(=O)c1ccccc1SCC(=O)N1CCCC1. The van der Waals surface area contributed by atoms with E-state index < -0.39 is 0 Å². The van der Waals surface area contributed by atoms with E-state index in [9.17, 15) is 9.59 Å². The van der Waals surface area contributed by atoms with Crippen LogP contribution in [0.15, 0.2) is 57.9 Å². The first-order valence-electron chi connectivity index (χ1n) is 9.04. The van der Waals surface area contributed by atoms with Gasteiger partial charge in [0, 0.05) is 36.1 Å². The average molecular weight is 447 g/mol. The summed E-state index contributed by atoms with van der Waals surface area (Å²) in [6.07, 6.45) is 2.18. The molecule has 3 rings (SSSR count). The van der Waals surface area contributed by atoms with Crippen LogP contribution >= 0.6 is 27.7 Å². The molecule has 0 aromatic heterocycles. The van der Waals surface area contributed by atoms with Crippen molar-refractivity contribution in [1.82, 2.24) is 9.80 Å². The third-order valence-electron chi connectivity index (χ3n) is 4.61. The summed E-state index contributed by atoms with van der Waals surface area (Å²) in [5, 5.41) is 0. The van der Waals surface area contributed by atoms with Crippen molar-refractivity contribution in [3.8, 4) is 0 Å². The summed E-state index contributed by atoms with van der Waals surface area (Å²) >= 11 is 4.88. The number of nitrogens with zero attached hydrogens (tertiary/aromatic N) is 2. The number of halogens is 1. The molecule has 6 heteroatoms. The van der Waals surface area contributed by atoms with Crippen LogP contribution in [0.5, 0.6) is 0 Å². The number of carbonyl (C=O) groups excluding carboxylic acids is 2. The summed E-state index contributed by atoms with van der Waals surface area (Å²) in [4.78, 5) is 29.7. The van der Waals surface area contributed by atoms with Crippen LogP contribution in [0.4, 0.5) is 0 Å². The highest BCUT2D eigenvalue weighted by Gasteiger charge is 2.20. The van der Waals surface area contributed by atoms with Crippen LogP contribution < -0.4 is 0 Å². The fourth-order valence-corrected chi connectivity index (χ4v) is 4.32. The maximum absolute atomic E-state index is 12.9. The zero-order chi connectivity index (χ0) is 19.2.